The van der Waals surface area contributed by atoms with Gasteiger partial charge in [0, 0.05) is 19.8 Å². The molecule has 0 bridgehead atoms. The third kappa shape index (κ3) is 2.30. The van der Waals surface area contributed by atoms with E-state index in [0.29, 0.717) is 6.42 Å². The summed E-state index contributed by atoms with van der Waals surface area (Å²) >= 11 is 0. The fourth-order valence-corrected chi connectivity index (χ4v) is 2.09. The SMILES string of the molecule is CN(C)c1ccc(C2CC(=O)N2CC(=O)O)cc1. The van der Waals surface area contributed by atoms with Crippen LogP contribution in [0.15, 0.2) is 24.3 Å². The smallest absolute Gasteiger partial charge is 0.323 e. The lowest BCUT2D eigenvalue weighted by atomic mass is 9.93. The Balaban J connectivity index is 2.12. The molecule has 0 aliphatic carbocycles. The van der Waals surface area contributed by atoms with Gasteiger partial charge in [0.1, 0.15) is 6.54 Å². The fourth-order valence-electron chi connectivity index (χ4n) is 2.09. The first-order valence-electron chi connectivity index (χ1n) is 5.77. The highest BCUT2D eigenvalue weighted by molar-refractivity contribution is 5.87. The highest BCUT2D eigenvalue weighted by Gasteiger charge is 2.38. The predicted octanol–water partition coefficient (Wildman–Crippen LogP) is 1.11. The van der Waals surface area contributed by atoms with Gasteiger partial charge in [0.15, 0.2) is 0 Å². The molecule has 1 N–H and O–H groups in total. The Hall–Kier alpha value is -2.04. The summed E-state index contributed by atoms with van der Waals surface area (Å²) in [6, 6.07) is 7.74. The van der Waals surface area contributed by atoms with Crippen molar-refractivity contribution in [3.8, 4) is 0 Å². The van der Waals surface area contributed by atoms with Crippen LogP contribution in [-0.2, 0) is 9.59 Å². The summed E-state index contributed by atoms with van der Waals surface area (Å²) in [5.74, 6) is -1.07. The minimum atomic E-state index is -0.974. The molecule has 96 valence electrons. The lowest BCUT2D eigenvalue weighted by Gasteiger charge is -2.39. The van der Waals surface area contributed by atoms with Crippen molar-refractivity contribution in [1.29, 1.82) is 0 Å². The number of rotatable bonds is 4. The summed E-state index contributed by atoms with van der Waals surface area (Å²) < 4.78 is 0. The number of amides is 1. The van der Waals surface area contributed by atoms with E-state index in [1.165, 1.54) is 4.90 Å². The molecule has 1 aliphatic rings. The number of carbonyl (C=O) groups is 2. The highest BCUT2D eigenvalue weighted by Crippen LogP contribution is 2.34. The predicted molar refractivity (Wildman–Crippen MR) is 67.5 cm³/mol. The van der Waals surface area contributed by atoms with Crippen molar-refractivity contribution in [2.45, 2.75) is 12.5 Å². The van der Waals surface area contributed by atoms with E-state index in [4.69, 9.17) is 5.11 Å². The molecule has 5 heteroatoms. The number of carbonyl (C=O) groups excluding carboxylic acids is 1. The Morgan fingerprint density at radius 1 is 1.39 bits per heavy atom. The Kier molecular flexibility index (Phi) is 3.23. The number of anilines is 1. The third-order valence-corrected chi connectivity index (χ3v) is 3.16. The minimum absolute atomic E-state index is 0.0928. The monoisotopic (exact) mass is 248 g/mol. The molecule has 1 amide bonds. The quantitative estimate of drug-likeness (QED) is 0.811. The summed E-state index contributed by atoms with van der Waals surface area (Å²) in [6.07, 6.45) is 0.397. The van der Waals surface area contributed by atoms with Crippen LogP contribution in [0.3, 0.4) is 0 Å². The molecule has 1 aromatic carbocycles. The second-order valence-corrected chi connectivity index (χ2v) is 4.62. The normalized spacial score (nSPS) is 18.4. The van der Waals surface area contributed by atoms with Crippen molar-refractivity contribution >= 4 is 17.6 Å². The van der Waals surface area contributed by atoms with E-state index < -0.39 is 5.97 Å². The molecule has 1 fully saturated rings. The Morgan fingerprint density at radius 3 is 2.44 bits per heavy atom. The number of likely N-dealkylation sites (tertiary alicyclic amines) is 1. The van der Waals surface area contributed by atoms with Crippen molar-refractivity contribution in [3.63, 3.8) is 0 Å². The van der Waals surface area contributed by atoms with Crippen LogP contribution < -0.4 is 4.90 Å². The zero-order valence-electron chi connectivity index (χ0n) is 10.5. The average molecular weight is 248 g/mol. The number of benzene rings is 1. The number of carboxylic acid groups (broad SMARTS) is 1. The molecular weight excluding hydrogens is 232 g/mol. The molecule has 1 heterocycles. The Labute approximate surface area is 106 Å². The number of β-lactam (4-membered cyclic amide) rings is 1. The molecule has 1 aromatic rings. The fraction of sp³-hybridized carbons (Fsp3) is 0.385. The molecule has 0 saturated carbocycles. The highest BCUT2D eigenvalue weighted by atomic mass is 16.4. The van der Waals surface area contributed by atoms with Crippen molar-refractivity contribution in [3.05, 3.63) is 29.8 Å². The molecule has 0 aromatic heterocycles. The van der Waals surface area contributed by atoms with Gasteiger partial charge < -0.3 is 14.9 Å². The van der Waals surface area contributed by atoms with Crippen molar-refractivity contribution in [1.82, 2.24) is 4.90 Å². The van der Waals surface area contributed by atoms with E-state index in [-0.39, 0.29) is 18.5 Å². The van der Waals surface area contributed by atoms with Gasteiger partial charge in [-0.2, -0.15) is 0 Å². The lowest BCUT2D eigenvalue weighted by molar-refractivity contribution is -0.155. The first-order chi connectivity index (χ1) is 8.49. The number of aliphatic carboxylic acids is 1. The third-order valence-electron chi connectivity index (χ3n) is 3.16. The second-order valence-electron chi connectivity index (χ2n) is 4.62. The lowest BCUT2D eigenvalue weighted by Crippen LogP contribution is -2.48. The second kappa shape index (κ2) is 4.68. The van der Waals surface area contributed by atoms with E-state index in [2.05, 4.69) is 0 Å². The van der Waals surface area contributed by atoms with E-state index in [1.807, 2.05) is 43.3 Å². The Bertz CT molecular complexity index is 468. The molecule has 1 aliphatic heterocycles. The van der Waals surface area contributed by atoms with Crippen LogP contribution in [-0.4, -0.2) is 42.5 Å². The van der Waals surface area contributed by atoms with Crippen LogP contribution in [0.1, 0.15) is 18.0 Å². The van der Waals surface area contributed by atoms with Crippen LogP contribution in [0.25, 0.3) is 0 Å². The summed E-state index contributed by atoms with van der Waals surface area (Å²) in [5, 5.41) is 8.75. The first-order valence-corrected chi connectivity index (χ1v) is 5.77. The summed E-state index contributed by atoms with van der Waals surface area (Å²) in [6.45, 7) is -0.223. The van der Waals surface area contributed by atoms with E-state index in [0.717, 1.165) is 11.3 Å². The molecule has 1 unspecified atom stereocenters. The molecule has 0 radical (unpaired) electrons. The van der Waals surface area contributed by atoms with Crippen LogP contribution in [0.4, 0.5) is 5.69 Å². The standard InChI is InChI=1S/C13H16N2O3/c1-14(2)10-5-3-9(4-6-10)11-7-12(16)15(11)8-13(17)18/h3-6,11H,7-8H2,1-2H3,(H,17,18). The summed E-state index contributed by atoms with van der Waals surface area (Å²) in [7, 11) is 3.91. The van der Waals surface area contributed by atoms with Gasteiger partial charge in [-0.15, -0.1) is 0 Å². The van der Waals surface area contributed by atoms with Crippen LogP contribution >= 0.6 is 0 Å². The number of hydrogen-bond acceptors (Lipinski definition) is 3. The maximum absolute atomic E-state index is 11.4. The molecule has 1 atom stereocenters. The first kappa shape index (κ1) is 12.4. The molecule has 18 heavy (non-hydrogen) atoms. The van der Waals surface area contributed by atoms with E-state index in [1.54, 1.807) is 0 Å². The van der Waals surface area contributed by atoms with Gasteiger partial charge in [0.2, 0.25) is 5.91 Å². The van der Waals surface area contributed by atoms with Crippen LogP contribution in [0, 0.1) is 0 Å². The maximum atomic E-state index is 11.4. The molecule has 1 saturated heterocycles. The van der Waals surface area contributed by atoms with E-state index >= 15 is 0 Å². The molecule has 5 nitrogen and oxygen atoms in total. The maximum Gasteiger partial charge on any atom is 0.323 e. The number of nitrogens with zero attached hydrogens (tertiary/aromatic N) is 2. The topological polar surface area (TPSA) is 60.9 Å². The van der Waals surface area contributed by atoms with Gasteiger partial charge in [-0.25, -0.2) is 0 Å². The largest absolute Gasteiger partial charge is 0.480 e. The van der Waals surface area contributed by atoms with Gasteiger partial charge in [-0.05, 0) is 17.7 Å². The van der Waals surface area contributed by atoms with Crippen LogP contribution in [0.5, 0.6) is 0 Å². The summed E-state index contributed by atoms with van der Waals surface area (Å²) in [4.78, 5) is 25.4. The minimum Gasteiger partial charge on any atom is -0.480 e. The van der Waals surface area contributed by atoms with Gasteiger partial charge in [0.05, 0.1) is 12.5 Å². The van der Waals surface area contributed by atoms with E-state index in [9.17, 15) is 9.59 Å². The Morgan fingerprint density at radius 2 is 2.00 bits per heavy atom. The number of hydrogen-bond donors (Lipinski definition) is 1. The van der Waals surface area contributed by atoms with Crippen molar-refractivity contribution in [2.75, 3.05) is 25.5 Å². The average Bonchev–Trinajstić information content (AvgIpc) is 2.33. The zero-order valence-corrected chi connectivity index (χ0v) is 10.5. The number of carboxylic acids is 1. The molecule has 2 rings (SSSR count). The van der Waals surface area contributed by atoms with Crippen molar-refractivity contribution in [2.24, 2.45) is 0 Å². The van der Waals surface area contributed by atoms with Crippen LogP contribution in [0.2, 0.25) is 0 Å². The van der Waals surface area contributed by atoms with Gasteiger partial charge in [-0.3, -0.25) is 9.59 Å². The van der Waals surface area contributed by atoms with Gasteiger partial charge in [0.25, 0.3) is 0 Å². The van der Waals surface area contributed by atoms with Crippen molar-refractivity contribution < 1.29 is 14.7 Å². The van der Waals surface area contributed by atoms with Gasteiger partial charge in [-0.1, -0.05) is 12.1 Å². The molecular formula is C13H16N2O3. The molecule has 0 spiro atoms. The zero-order chi connectivity index (χ0) is 13.3. The van der Waals surface area contributed by atoms with Gasteiger partial charge >= 0.3 is 5.97 Å². The summed E-state index contributed by atoms with van der Waals surface area (Å²) in [5.41, 5.74) is 2.07.